The van der Waals surface area contributed by atoms with E-state index in [-0.39, 0.29) is 5.75 Å². The van der Waals surface area contributed by atoms with E-state index in [0.717, 1.165) is 48.5 Å². The van der Waals surface area contributed by atoms with Crippen LogP contribution in [-0.2, 0) is 0 Å². The quantitative estimate of drug-likeness (QED) is 0.317. The van der Waals surface area contributed by atoms with Crippen LogP contribution in [-0.4, -0.2) is 7.11 Å². The molecule has 1 aromatic carbocycles. The first kappa shape index (κ1) is 26.4. The van der Waals surface area contributed by atoms with Crippen molar-refractivity contribution < 1.29 is 13.5 Å². The molecule has 1 aromatic rings. The van der Waals surface area contributed by atoms with Crippen molar-refractivity contribution >= 4 is 5.57 Å². The molecule has 0 spiro atoms. The number of halogens is 2. The Kier molecular flexibility index (Phi) is 9.86. The molecule has 1 atom stereocenters. The molecule has 3 heteroatoms. The zero-order valence-electron chi connectivity index (χ0n) is 22.0. The second-order valence-electron chi connectivity index (χ2n) is 11.6. The third-order valence-electron chi connectivity index (χ3n) is 9.55. The summed E-state index contributed by atoms with van der Waals surface area (Å²) in [5.74, 6) is 2.76. The van der Waals surface area contributed by atoms with Gasteiger partial charge in [0, 0.05) is 5.56 Å². The van der Waals surface area contributed by atoms with Crippen molar-refractivity contribution in [2.75, 3.05) is 7.11 Å². The summed E-state index contributed by atoms with van der Waals surface area (Å²) in [6.07, 6.45) is 26.6. The fourth-order valence-corrected chi connectivity index (χ4v) is 7.19. The minimum absolute atomic E-state index is 0.0231. The van der Waals surface area contributed by atoms with Crippen LogP contribution in [0.5, 0.6) is 5.75 Å². The largest absolute Gasteiger partial charge is 0.494 e. The van der Waals surface area contributed by atoms with E-state index in [2.05, 4.69) is 25.2 Å². The maximum absolute atomic E-state index is 14.5. The second-order valence-corrected chi connectivity index (χ2v) is 11.6. The number of hydrogen-bond donors (Lipinski definition) is 0. The summed E-state index contributed by atoms with van der Waals surface area (Å²) in [6.45, 7) is 2.13. The molecule has 0 heterocycles. The number of hydrogen-bond acceptors (Lipinski definition) is 1. The molecule has 4 rings (SSSR count). The Morgan fingerprint density at radius 3 is 2.00 bits per heavy atom. The molecule has 0 bridgehead atoms. The van der Waals surface area contributed by atoms with Gasteiger partial charge in [0.2, 0.25) is 5.82 Å². The monoisotopic (exact) mass is 484 g/mol. The maximum Gasteiger partial charge on any atom is 0.201 e. The Hall–Kier alpha value is -1.64. The first-order valence-electron chi connectivity index (χ1n) is 14.4. The first-order chi connectivity index (χ1) is 17.1. The summed E-state index contributed by atoms with van der Waals surface area (Å²) in [5, 5.41) is 0. The SMILES string of the molecule is C/C=C/CCC1CCC(CCC2CCC(C3CC=C(c4ccc(OC)c(F)c4F)CC3)CC2)CC1. The zero-order chi connectivity index (χ0) is 24.6. The molecular formula is C32H46F2O. The molecule has 3 aliphatic rings. The van der Waals surface area contributed by atoms with Gasteiger partial charge in [0.1, 0.15) is 0 Å². The average molecular weight is 485 g/mol. The van der Waals surface area contributed by atoms with Gasteiger partial charge in [-0.25, -0.2) is 4.39 Å². The molecule has 0 aromatic heterocycles. The van der Waals surface area contributed by atoms with Crippen LogP contribution >= 0.6 is 0 Å². The van der Waals surface area contributed by atoms with Crippen molar-refractivity contribution in [1.29, 1.82) is 0 Å². The van der Waals surface area contributed by atoms with E-state index >= 15 is 0 Å². The van der Waals surface area contributed by atoms with Gasteiger partial charge in [0.15, 0.2) is 11.6 Å². The van der Waals surface area contributed by atoms with Gasteiger partial charge in [-0.3, -0.25) is 0 Å². The molecule has 0 saturated heterocycles. The summed E-state index contributed by atoms with van der Waals surface area (Å²) >= 11 is 0. The van der Waals surface area contributed by atoms with Crippen LogP contribution < -0.4 is 4.74 Å². The maximum atomic E-state index is 14.5. The lowest BCUT2D eigenvalue weighted by atomic mass is 9.69. The van der Waals surface area contributed by atoms with Crippen LogP contribution in [0.2, 0.25) is 0 Å². The van der Waals surface area contributed by atoms with Crippen LogP contribution in [0.1, 0.15) is 109 Å². The summed E-state index contributed by atoms with van der Waals surface area (Å²) in [6, 6.07) is 3.21. The van der Waals surface area contributed by atoms with E-state index in [1.54, 1.807) is 12.1 Å². The molecule has 0 aliphatic heterocycles. The molecule has 2 fully saturated rings. The lowest BCUT2D eigenvalue weighted by Gasteiger charge is -2.36. The third-order valence-corrected chi connectivity index (χ3v) is 9.55. The van der Waals surface area contributed by atoms with Crippen molar-refractivity contribution in [3.63, 3.8) is 0 Å². The van der Waals surface area contributed by atoms with Gasteiger partial charge < -0.3 is 4.74 Å². The molecule has 35 heavy (non-hydrogen) atoms. The predicted octanol–water partition coefficient (Wildman–Crippen LogP) is 9.91. The number of allylic oxidation sites excluding steroid dienone is 4. The van der Waals surface area contributed by atoms with Gasteiger partial charge in [0.05, 0.1) is 7.11 Å². The molecule has 1 unspecified atom stereocenters. The first-order valence-corrected chi connectivity index (χ1v) is 14.4. The van der Waals surface area contributed by atoms with Gasteiger partial charge in [-0.15, -0.1) is 0 Å². The normalized spacial score (nSPS) is 29.8. The Morgan fingerprint density at radius 1 is 0.800 bits per heavy atom. The molecule has 2 saturated carbocycles. The Labute approximate surface area is 212 Å². The van der Waals surface area contributed by atoms with Crippen molar-refractivity contribution in [3.8, 4) is 5.75 Å². The lowest BCUT2D eigenvalue weighted by Crippen LogP contribution is -2.24. The highest BCUT2D eigenvalue weighted by Gasteiger charge is 2.30. The Balaban J connectivity index is 1.17. The van der Waals surface area contributed by atoms with E-state index < -0.39 is 11.6 Å². The van der Waals surface area contributed by atoms with Crippen LogP contribution in [0.4, 0.5) is 8.78 Å². The highest BCUT2D eigenvalue weighted by Crippen LogP contribution is 2.43. The van der Waals surface area contributed by atoms with E-state index in [4.69, 9.17) is 4.74 Å². The molecular weight excluding hydrogens is 438 g/mol. The highest BCUT2D eigenvalue weighted by molar-refractivity contribution is 5.67. The number of rotatable bonds is 9. The molecule has 194 valence electrons. The van der Waals surface area contributed by atoms with Crippen LogP contribution in [0.15, 0.2) is 30.4 Å². The van der Waals surface area contributed by atoms with Crippen LogP contribution in [0.3, 0.4) is 0 Å². The van der Waals surface area contributed by atoms with Gasteiger partial charge in [-0.05, 0) is 99.2 Å². The standard InChI is InChI=1S/C32H46F2O/c1-3-4-5-6-23-7-9-24(10-8-23)11-12-25-13-15-26(16-14-25)27-17-19-28(20-18-27)29-21-22-30(35-2)32(34)31(29)33/h3-4,19,21-27H,5-18,20H2,1-2H3/b4-3+. The molecule has 1 nitrogen and oxygen atoms in total. The van der Waals surface area contributed by atoms with Crippen molar-refractivity contribution in [2.24, 2.45) is 29.6 Å². The number of ether oxygens (including phenoxy) is 1. The number of benzene rings is 1. The van der Waals surface area contributed by atoms with Crippen LogP contribution in [0.25, 0.3) is 5.57 Å². The fraction of sp³-hybridized carbons (Fsp3) is 0.688. The smallest absolute Gasteiger partial charge is 0.201 e. The fourth-order valence-electron chi connectivity index (χ4n) is 7.19. The predicted molar refractivity (Wildman–Crippen MR) is 142 cm³/mol. The van der Waals surface area contributed by atoms with Gasteiger partial charge >= 0.3 is 0 Å². The van der Waals surface area contributed by atoms with Crippen molar-refractivity contribution in [3.05, 3.63) is 47.6 Å². The van der Waals surface area contributed by atoms with Crippen LogP contribution in [0, 0.1) is 41.2 Å². The molecule has 0 N–H and O–H groups in total. The second kappa shape index (κ2) is 13.1. The van der Waals surface area contributed by atoms with E-state index in [1.807, 2.05) is 0 Å². The summed E-state index contributed by atoms with van der Waals surface area (Å²) in [5.41, 5.74) is 1.38. The van der Waals surface area contributed by atoms with Crippen molar-refractivity contribution in [2.45, 2.75) is 103 Å². The molecule has 0 amide bonds. The average Bonchev–Trinajstić information content (AvgIpc) is 2.90. The lowest BCUT2D eigenvalue weighted by molar-refractivity contribution is 0.175. The van der Waals surface area contributed by atoms with Gasteiger partial charge in [-0.2, -0.15) is 4.39 Å². The minimum atomic E-state index is -0.871. The summed E-state index contributed by atoms with van der Waals surface area (Å²) in [4.78, 5) is 0. The number of methoxy groups -OCH3 is 1. The topological polar surface area (TPSA) is 9.23 Å². The van der Waals surface area contributed by atoms with Crippen molar-refractivity contribution in [1.82, 2.24) is 0 Å². The Bertz CT molecular complexity index is 857. The molecule has 3 aliphatic carbocycles. The minimum Gasteiger partial charge on any atom is -0.494 e. The summed E-state index contributed by atoms with van der Waals surface area (Å²) in [7, 11) is 1.37. The Morgan fingerprint density at radius 2 is 1.43 bits per heavy atom. The third kappa shape index (κ3) is 6.98. The molecule has 0 radical (unpaired) electrons. The highest BCUT2D eigenvalue weighted by atomic mass is 19.2. The van der Waals surface area contributed by atoms with E-state index in [0.29, 0.717) is 11.5 Å². The zero-order valence-corrected chi connectivity index (χ0v) is 22.0. The van der Waals surface area contributed by atoms with Gasteiger partial charge in [0.25, 0.3) is 0 Å². The van der Waals surface area contributed by atoms with Gasteiger partial charge in [-0.1, -0.05) is 69.6 Å². The van der Waals surface area contributed by atoms with E-state index in [9.17, 15) is 8.78 Å². The summed E-state index contributed by atoms with van der Waals surface area (Å²) < 4.78 is 33.6. The van der Waals surface area contributed by atoms with E-state index in [1.165, 1.54) is 84.2 Å².